The lowest BCUT2D eigenvalue weighted by Gasteiger charge is -1.96. The Hall–Kier alpha value is -2.43. The first-order valence-corrected chi connectivity index (χ1v) is 5.83. The topological polar surface area (TPSA) is 81.3 Å². The number of para-hydroxylation sites is 1. The van der Waals surface area contributed by atoms with Gasteiger partial charge in [-0.2, -0.15) is 4.57 Å². The molecule has 1 N–H and O–H groups in total. The van der Waals surface area contributed by atoms with Gasteiger partial charge in [-0.15, -0.1) is 0 Å². The highest BCUT2D eigenvalue weighted by Gasteiger charge is 2.02. The molecule has 5 heteroatoms. The maximum atomic E-state index is 9.39. The van der Waals surface area contributed by atoms with Gasteiger partial charge in [0, 0.05) is 17.5 Å². The third kappa shape index (κ3) is 4.75. The Morgan fingerprint density at radius 1 is 1.21 bits per heavy atom. The Morgan fingerprint density at radius 3 is 2.37 bits per heavy atom. The molecule has 0 aliphatic heterocycles. The number of carbonyl (C=O) groups is 2. The first kappa shape index (κ1) is 14.6. The Labute approximate surface area is 110 Å². The predicted octanol–water partition coefficient (Wildman–Crippen LogP) is 0.358. The highest BCUT2D eigenvalue weighted by atomic mass is 16.4. The Bertz CT molecular complexity index is 563. The average molecular weight is 261 g/mol. The summed E-state index contributed by atoms with van der Waals surface area (Å²) in [4.78, 5) is 18.7. The van der Waals surface area contributed by atoms with Gasteiger partial charge in [0.1, 0.15) is 6.54 Å². The monoisotopic (exact) mass is 261 g/mol. The number of aliphatic carboxylic acids is 2. The normalized spacial score (nSPS) is 9.53. The highest BCUT2D eigenvalue weighted by Crippen LogP contribution is 2.07. The number of carboxylic acids is 2. The van der Waals surface area contributed by atoms with Crippen LogP contribution in [-0.4, -0.2) is 17.0 Å². The van der Waals surface area contributed by atoms with Gasteiger partial charge in [0.2, 0.25) is 5.52 Å². The summed E-state index contributed by atoms with van der Waals surface area (Å²) < 4.78 is 2.25. The molecule has 5 nitrogen and oxygen atoms in total. The van der Waals surface area contributed by atoms with E-state index in [2.05, 4.69) is 54.1 Å². The van der Waals surface area contributed by atoms with Crippen LogP contribution in [0.15, 0.2) is 42.6 Å². The van der Waals surface area contributed by atoms with Crippen LogP contribution >= 0.6 is 0 Å². The minimum atomic E-state index is -1.56. The summed E-state index contributed by atoms with van der Waals surface area (Å²) in [5.41, 5.74) is 1.31. The number of aryl methyl sites for hydroxylation is 1. The van der Waals surface area contributed by atoms with E-state index in [1.165, 1.54) is 10.9 Å². The minimum Gasteiger partial charge on any atom is -0.550 e. The van der Waals surface area contributed by atoms with Crippen molar-refractivity contribution in [2.75, 3.05) is 0 Å². The van der Waals surface area contributed by atoms with Crippen LogP contribution < -0.4 is 9.67 Å². The zero-order valence-electron chi connectivity index (χ0n) is 10.6. The van der Waals surface area contributed by atoms with Gasteiger partial charge in [-0.3, -0.25) is 4.79 Å². The number of hydrogen-bond acceptors (Lipinski definition) is 3. The van der Waals surface area contributed by atoms with Crippen LogP contribution in [0, 0.1) is 0 Å². The van der Waals surface area contributed by atoms with Crippen LogP contribution in [0.4, 0.5) is 0 Å². The lowest BCUT2D eigenvalue weighted by atomic mass is 10.2. The fourth-order valence-electron chi connectivity index (χ4n) is 1.62. The lowest BCUT2D eigenvalue weighted by molar-refractivity contribution is -0.667. The van der Waals surface area contributed by atoms with E-state index >= 15 is 0 Å². The van der Waals surface area contributed by atoms with Gasteiger partial charge in [-0.1, -0.05) is 12.1 Å². The highest BCUT2D eigenvalue weighted by molar-refractivity contribution is 5.87. The van der Waals surface area contributed by atoms with Crippen molar-refractivity contribution >= 4 is 22.8 Å². The van der Waals surface area contributed by atoms with Gasteiger partial charge < -0.3 is 15.0 Å². The van der Waals surface area contributed by atoms with E-state index < -0.39 is 18.4 Å². The van der Waals surface area contributed by atoms with E-state index in [1.54, 1.807) is 0 Å². The number of aromatic nitrogens is 1. The summed E-state index contributed by atoms with van der Waals surface area (Å²) in [6, 6.07) is 12.7. The van der Waals surface area contributed by atoms with Crippen LogP contribution in [0.5, 0.6) is 0 Å². The number of pyridine rings is 1. The van der Waals surface area contributed by atoms with E-state index in [1.807, 2.05) is 0 Å². The fraction of sp³-hybridized carbons (Fsp3) is 0.214. The molecule has 0 fully saturated rings. The van der Waals surface area contributed by atoms with Gasteiger partial charge in [-0.25, -0.2) is 0 Å². The molecule has 0 aliphatic carbocycles. The Kier molecular flexibility index (Phi) is 5.47. The molecule has 1 aromatic heterocycles. The van der Waals surface area contributed by atoms with Gasteiger partial charge in [-0.05, 0) is 19.1 Å². The second-order valence-corrected chi connectivity index (χ2v) is 3.80. The van der Waals surface area contributed by atoms with Crippen LogP contribution in [0.3, 0.4) is 0 Å². The molecule has 0 bridgehead atoms. The molecule has 0 unspecified atom stereocenters. The molecule has 100 valence electrons. The summed E-state index contributed by atoms with van der Waals surface area (Å²) in [6.07, 6.45) is 1.20. The summed E-state index contributed by atoms with van der Waals surface area (Å²) in [7, 11) is 0. The lowest BCUT2D eigenvalue weighted by Crippen LogP contribution is -2.32. The van der Waals surface area contributed by atoms with Gasteiger partial charge in [0.15, 0.2) is 6.20 Å². The van der Waals surface area contributed by atoms with E-state index in [-0.39, 0.29) is 0 Å². The number of rotatable bonds is 3. The molecule has 0 aliphatic rings. The molecule has 19 heavy (non-hydrogen) atoms. The number of benzene rings is 1. The van der Waals surface area contributed by atoms with Crippen molar-refractivity contribution in [3.05, 3.63) is 42.6 Å². The van der Waals surface area contributed by atoms with Gasteiger partial charge in [0.05, 0.1) is 12.4 Å². The van der Waals surface area contributed by atoms with Crippen molar-refractivity contribution in [3.63, 3.8) is 0 Å². The Balaban J connectivity index is 0.000000224. The van der Waals surface area contributed by atoms with E-state index in [0.717, 1.165) is 6.54 Å². The van der Waals surface area contributed by atoms with Crippen molar-refractivity contribution in [2.24, 2.45) is 0 Å². The molecule has 0 atom stereocenters. The molecule has 2 rings (SSSR count). The number of carbonyl (C=O) groups excluding carboxylic acids is 1. The molecule has 1 aromatic carbocycles. The summed E-state index contributed by atoms with van der Waals surface area (Å²) >= 11 is 0. The molecule has 0 saturated carbocycles. The third-order valence-corrected chi connectivity index (χ3v) is 2.42. The maximum Gasteiger partial charge on any atom is 0.309 e. The molecule has 0 saturated heterocycles. The average Bonchev–Trinajstić information content (AvgIpc) is 2.37. The van der Waals surface area contributed by atoms with Crippen molar-refractivity contribution < 1.29 is 24.4 Å². The van der Waals surface area contributed by atoms with Crippen LogP contribution in [-0.2, 0) is 16.1 Å². The van der Waals surface area contributed by atoms with Crippen LogP contribution in [0.2, 0.25) is 0 Å². The molecule has 2 aromatic rings. The van der Waals surface area contributed by atoms with Crippen LogP contribution in [0.1, 0.15) is 13.3 Å². The smallest absolute Gasteiger partial charge is 0.309 e. The molecule has 0 radical (unpaired) electrons. The second kappa shape index (κ2) is 7.10. The molecule has 0 amide bonds. The van der Waals surface area contributed by atoms with Crippen molar-refractivity contribution in [2.45, 2.75) is 19.9 Å². The number of nitrogens with zero attached hydrogens (tertiary/aromatic N) is 1. The van der Waals surface area contributed by atoms with Gasteiger partial charge >= 0.3 is 5.97 Å². The van der Waals surface area contributed by atoms with E-state index in [4.69, 9.17) is 5.11 Å². The van der Waals surface area contributed by atoms with E-state index in [0.29, 0.717) is 0 Å². The molecule has 0 spiro atoms. The van der Waals surface area contributed by atoms with E-state index in [9.17, 15) is 14.7 Å². The van der Waals surface area contributed by atoms with Gasteiger partial charge in [0.25, 0.3) is 0 Å². The van der Waals surface area contributed by atoms with Crippen molar-refractivity contribution in [1.29, 1.82) is 0 Å². The molecular weight excluding hydrogens is 246 g/mol. The fourth-order valence-corrected chi connectivity index (χ4v) is 1.62. The zero-order chi connectivity index (χ0) is 14.3. The summed E-state index contributed by atoms with van der Waals surface area (Å²) in [5, 5.41) is 18.3. The number of fused-ring (bicyclic) bond motifs is 1. The number of hydrogen-bond donors (Lipinski definition) is 1. The first-order valence-electron chi connectivity index (χ1n) is 5.83. The first-order chi connectivity index (χ1) is 9.04. The predicted molar refractivity (Wildman–Crippen MR) is 67.1 cm³/mol. The van der Waals surface area contributed by atoms with Crippen LogP contribution in [0.25, 0.3) is 10.9 Å². The standard InChI is InChI=1S/C11H12N.C3H4O4/c1-2-12-9-5-7-10-6-3-4-8-11(10)12;4-2(5)1-3(6)7/h3-9H,2H2,1H3;1H2,(H,4,5)(H,6,7)/q+1;/p-1. The maximum absolute atomic E-state index is 9.39. The largest absolute Gasteiger partial charge is 0.550 e. The number of carboxylic acid groups (broad SMARTS) is 2. The molecule has 1 heterocycles. The minimum absolute atomic E-state index is 0.917. The summed E-state index contributed by atoms with van der Waals surface area (Å²) in [5.74, 6) is -2.94. The Morgan fingerprint density at radius 2 is 1.84 bits per heavy atom. The summed E-state index contributed by atoms with van der Waals surface area (Å²) in [6.45, 7) is 3.19. The van der Waals surface area contributed by atoms with Crippen molar-refractivity contribution in [3.8, 4) is 0 Å². The molecular formula is C14H15NO4. The second-order valence-electron chi connectivity index (χ2n) is 3.80. The third-order valence-electron chi connectivity index (χ3n) is 2.42. The zero-order valence-corrected chi connectivity index (χ0v) is 10.6. The van der Waals surface area contributed by atoms with Crippen molar-refractivity contribution in [1.82, 2.24) is 0 Å². The quantitative estimate of drug-likeness (QED) is 0.639. The SMILES string of the molecule is CC[n+]1cccc2ccccc21.O=C([O-])CC(=O)O.